The number of ether oxygens (including phenoxy) is 2. The summed E-state index contributed by atoms with van der Waals surface area (Å²) < 4.78 is 12.9. The summed E-state index contributed by atoms with van der Waals surface area (Å²) in [4.78, 5) is 0. The number of anilines is 1. The Morgan fingerprint density at radius 2 is 1.57 bits per heavy atom. The summed E-state index contributed by atoms with van der Waals surface area (Å²) in [7, 11) is 0. The summed E-state index contributed by atoms with van der Waals surface area (Å²) in [5.74, 6) is 1.54. The molecule has 3 nitrogen and oxygen atoms in total. The zero-order valence-corrected chi connectivity index (χ0v) is 18.2. The highest BCUT2D eigenvalue weighted by Crippen LogP contribution is 2.30. The molecule has 0 saturated heterocycles. The summed E-state index contributed by atoms with van der Waals surface area (Å²) in [5.41, 5.74) is 5.92. The van der Waals surface area contributed by atoms with Crippen molar-refractivity contribution in [3.05, 3.63) is 87.4 Å². The fourth-order valence-electron chi connectivity index (χ4n) is 2.92. The Morgan fingerprint density at radius 3 is 2.32 bits per heavy atom. The van der Waals surface area contributed by atoms with E-state index in [4.69, 9.17) is 9.47 Å². The van der Waals surface area contributed by atoms with Gasteiger partial charge in [0, 0.05) is 16.7 Å². The van der Waals surface area contributed by atoms with Crippen LogP contribution in [0.3, 0.4) is 0 Å². The van der Waals surface area contributed by atoms with Crippen LogP contribution in [0.4, 0.5) is 5.69 Å². The fraction of sp³-hybridized carbons (Fsp3) is 0.250. The molecule has 4 heteroatoms. The van der Waals surface area contributed by atoms with Gasteiger partial charge in [0.2, 0.25) is 0 Å². The number of benzene rings is 3. The third-order valence-corrected chi connectivity index (χ3v) is 5.02. The topological polar surface area (TPSA) is 30.5 Å². The summed E-state index contributed by atoms with van der Waals surface area (Å²) in [5, 5.41) is 3.52. The first-order valence-corrected chi connectivity index (χ1v) is 10.3. The van der Waals surface area contributed by atoms with E-state index in [0.29, 0.717) is 13.2 Å². The van der Waals surface area contributed by atoms with Gasteiger partial charge in [-0.05, 0) is 73.4 Å². The van der Waals surface area contributed by atoms with E-state index in [1.807, 2.05) is 37.3 Å². The third-order valence-electron chi connectivity index (χ3n) is 4.49. The Bertz CT molecular complexity index is 922. The molecule has 0 aliphatic heterocycles. The van der Waals surface area contributed by atoms with Gasteiger partial charge in [-0.3, -0.25) is 0 Å². The molecule has 0 radical (unpaired) electrons. The van der Waals surface area contributed by atoms with Gasteiger partial charge in [0.25, 0.3) is 0 Å². The van der Waals surface area contributed by atoms with E-state index >= 15 is 0 Å². The van der Waals surface area contributed by atoms with Gasteiger partial charge in [-0.25, -0.2) is 0 Å². The van der Waals surface area contributed by atoms with Crippen molar-refractivity contribution >= 4 is 21.6 Å². The standard InChI is InChI=1S/C24H26BrNO2/c1-4-27-24-14-20(15-26-22-13-17(2)5-6-18(22)3)9-12-23(24)28-16-19-7-10-21(25)11-8-19/h5-14,26H,4,15-16H2,1-3H3. The number of hydrogen-bond donors (Lipinski definition) is 1. The second kappa shape index (κ2) is 9.65. The van der Waals surface area contributed by atoms with E-state index in [0.717, 1.165) is 39.3 Å². The Hall–Kier alpha value is -2.46. The third kappa shape index (κ3) is 5.52. The van der Waals surface area contributed by atoms with Crippen LogP contribution in [0.1, 0.15) is 29.2 Å². The van der Waals surface area contributed by atoms with E-state index in [9.17, 15) is 0 Å². The van der Waals surface area contributed by atoms with Crippen LogP contribution < -0.4 is 14.8 Å². The molecule has 0 aliphatic carbocycles. The van der Waals surface area contributed by atoms with Crippen molar-refractivity contribution in [2.75, 3.05) is 11.9 Å². The monoisotopic (exact) mass is 439 g/mol. The molecular weight excluding hydrogens is 414 g/mol. The lowest BCUT2D eigenvalue weighted by atomic mass is 10.1. The predicted molar refractivity (Wildman–Crippen MR) is 119 cm³/mol. The van der Waals surface area contributed by atoms with E-state index in [-0.39, 0.29) is 0 Å². The van der Waals surface area contributed by atoms with Crippen LogP contribution in [0.25, 0.3) is 0 Å². The zero-order valence-electron chi connectivity index (χ0n) is 16.6. The molecule has 0 atom stereocenters. The summed E-state index contributed by atoms with van der Waals surface area (Å²) in [6.07, 6.45) is 0. The molecule has 28 heavy (non-hydrogen) atoms. The highest BCUT2D eigenvalue weighted by atomic mass is 79.9. The molecule has 3 rings (SSSR count). The zero-order chi connectivity index (χ0) is 19.9. The molecule has 0 aliphatic rings. The summed E-state index contributed by atoms with van der Waals surface area (Å²) in [6.45, 7) is 8.05. The molecule has 0 fully saturated rings. The molecule has 146 valence electrons. The van der Waals surface area contributed by atoms with Crippen molar-refractivity contribution < 1.29 is 9.47 Å². The number of halogens is 1. The second-order valence-corrected chi connectivity index (χ2v) is 7.72. The van der Waals surface area contributed by atoms with Crippen molar-refractivity contribution in [2.45, 2.75) is 33.9 Å². The largest absolute Gasteiger partial charge is 0.490 e. The SMILES string of the molecule is CCOc1cc(CNc2cc(C)ccc2C)ccc1OCc1ccc(Br)cc1. The van der Waals surface area contributed by atoms with Gasteiger partial charge in [-0.1, -0.05) is 46.3 Å². The Morgan fingerprint density at radius 1 is 0.821 bits per heavy atom. The molecule has 0 heterocycles. The Labute approximate surface area is 175 Å². The van der Waals surface area contributed by atoms with Crippen molar-refractivity contribution in [3.8, 4) is 11.5 Å². The van der Waals surface area contributed by atoms with Crippen LogP contribution in [0.5, 0.6) is 11.5 Å². The molecule has 3 aromatic rings. The molecule has 0 aromatic heterocycles. The highest BCUT2D eigenvalue weighted by molar-refractivity contribution is 9.10. The van der Waals surface area contributed by atoms with Gasteiger partial charge >= 0.3 is 0 Å². The maximum atomic E-state index is 6.01. The number of nitrogens with one attached hydrogen (secondary N) is 1. The first-order valence-electron chi connectivity index (χ1n) is 9.49. The van der Waals surface area contributed by atoms with Gasteiger partial charge in [-0.15, -0.1) is 0 Å². The average Bonchev–Trinajstić information content (AvgIpc) is 2.69. The molecule has 0 saturated carbocycles. The summed E-state index contributed by atoms with van der Waals surface area (Å²) >= 11 is 3.45. The molecule has 1 N–H and O–H groups in total. The van der Waals surface area contributed by atoms with Gasteiger partial charge < -0.3 is 14.8 Å². The number of hydrogen-bond acceptors (Lipinski definition) is 3. The van der Waals surface area contributed by atoms with Gasteiger partial charge in [0.1, 0.15) is 6.61 Å². The second-order valence-electron chi connectivity index (χ2n) is 6.80. The van der Waals surface area contributed by atoms with E-state index in [2.05, 4.69) is 65.4 Å². The molecule has 0 bridgehead atoms. The van der Waals surface area contributed by atoms with Gasteiger partial charge in [-0.2, -0.15) is 0 Å². The Kier molecular flexibility index (Phi) is 6.99. The van der Waals surface area contributed by atoms with E-state index < -0.39 is 0 Å². The lowest BCUT2D eigenvalue weighted by Gasteiger charge is -2.15. The molecule has 0 unspecified atom stereocenters. The predicted octanol–water partition coefficient (Wildman–Crippen LogP) is 6.66. The smallest absolute Gasteiger partial charge is 0.161 e. The van der Waals surface area contributed by atoms with Gasteiger partial charge in [0.15, 0.2) is 11.5 Å². The van der Waals surface area contributed by atoms with E-state index in [1.54, 1.807) is 0 Å². The minimum absolute atomic E-state index is 0.507. The maximum Gasteiger partial charge on any atom is 0.161 e. The quantitative estimate of drug-likeness (QED) is 0.425. The van der Waals surface area contributed by atoms with Crippen molar-refractivity contribution in [1.29, 1.82) is 0 Å². The van der Waals surface area contributed by atoms with Crippen LogP contribution in [-0.4, -0.2) is 6.61 Å². The number of rotatable bonds is 8. The van der Waals surface area contributed by atoms with Crippen LogP contribution in [-0.2, 0) is 13.2 Å². The van der Waals surface area contributed by atoms with Crippen LogP contribution in [0.15, 0.2) is 65.1 Å². The fourth-order valence-corrected chi connectivity index (χ4v) is 3.18. The molecule has 3 aromatic carbocycles. The lowest BCUT2D eigenvalue weighted by molar-refractivity contribution is 0.269. The van der Waals surface area contributed by atoms with Crippen LogP contribution >= 0.6 is 15.9 Å². The van der Waals surface area contributed by atoms with Crippen LogP contribution in [0, 0.1) is 13.8 Å². The lowest BCUT2D eigenvalue weighted by Crippen LogP contribution is -2.04. The molecular formula is C24H26BrNO2. The molecule has 0 spiro atoms. The summed E-state index contributed by atoms with van der Waals surface area (Å²) in [6, 6.07) is 20.7. The number of aryl methyl sites for hydroxylation is 2. The Balaban J connectivity index is 1.69. The van der Waals surface area contributed by atoms with Crippen molar-refractivity contribution in [3.63, 3.8) is 0 Å². The van der Waals surface area contributed by atoms with E-state index in [1.165, 1.54) is 11.1 Å². The van der Waals surface area contributed by atoms with Crippen LogP contribution in [0.2, 0.25) is 0 Å². The van der Waals surface area contributed by atoms with Crippen molar-refractivity contribution in [2.24, 2.45) is 0 Å². The first-order chi connectivity index (χ1) is 13.5. The minimum Gasteiger partial charge on any atom is -0.490 e. The average molecular weight is 440 g/mol. The molecule has 0 amide bonds. The van der Waals surface area contributed by atoms with Gasteiger partial charge in [0.05, 0.1) is 6.61 Å². The normalized spacial score (nSPS) is 10.6. The van der Waals surface area contributed by atoms with Crippen molar-refractivity contribution in [1.82, 2.24) is 0 Å². The maximum absolute atomic E-state index is 6.01. The minimum atomic E-state index is 0.507. The first kappa shape index (κ1) is 20.3. The highest BCUT2D eigenvalue weighted by Gasteiger charge is 2.08.